The van der Waals surface area contributed by atoms with Crippen LogP contribution in [0.1, 0.15) is 76.0 Å². The minimum absolute atomic E-state index is 0.282. The Kier molecular flexibility index (Phi) is 6.04. The van der Waals surface area contributed by atoms with E-state index in [2.05, 4.69) is 53.7 Å². The summed E-state index contributed by atoms with van der Waals surface area (Å²) in [5.74, 6) is 3.98. The van der Waals surface area contributed by atoms with Crippen molar-refractivity contribution >= 4 is 5.94 Å². The highest BCUT2D eigenvalue weighted by molar-refractivity contribution is 5.49. The monoisotopic (exact) mass is 274 g/mol. The molecule has 0 amide bonds. The molecule has 0 saturated heterocycles. The highest BCUT2D eigenvalue weighted by Crippen LogP contribution is 2.37. The molecule has 0 aliphatic rings. The van der Waals surface area contributed by atoms with Crippen LogP contribution in [-0.2, 0) is 4.79 Å². The normalized spacial score (nSPS) is 11.1. The molecule has 1 aromatic carbocycles. The highest BCUT2D eigenvalue weighted by atomic mass is 16.5. The van der Waals surface area contributed by atoms with Crippen molar-refractivity contribution in [2.45, 2.75) is 59.3 Å². The first-order valence-corrected chi connectivity index (χ1v) is 7.38. The van der Waals surface area contributed by atoms with E-state index in [0.717, 1.165) is 5.75 Å². The fourth-order valence-corrected chi connectivity index (χ4v) is 2.22. The Hall–Kier alpha value is -1.53. The van der Waals surface area contributed by atoms with Gasteiger partial charge in [0.15, 0.2) is 0 Å². The summed E-state index contributed by atoms with van der Waals surface area (Å²) in [5.41, 5.74) is 3.79. The van der Waals surface area contributed by atoms with Gasteiger partial charge < -0.3 is 4.74 Å². The van der Waals surface area contributed by atoms with Crippen LogP contribution in [0.4, 0.5) is 0 Å². The van der Waals surface area contributed by atoms with Crippen molar-refractivity contribution in [3.05, 3.63) is 34.9 Å². The Balaban J connectivity index is 3.38. The highest BCUT2D eigenvalue weighted by Gasteiger charge is 2.18. The van der Waals surface area contributed by atoms with Gasteiger partial charge in [0.25, 0.3) is 0 Å². The van der Waals surface area contributed by atoms with Gasteiger partial charge in [-0.1, -0.05) is 53.7 Å². The van der Waals surface area contributed by atoms with Crippen molar-refractivity contribution in [2.24, 2.45) is 0 Å². The Bertz CT molecular complexity index is 463. The second-order valence-corrected chi connectivity index (χ2v) is 6.13. The number of hydrogen-bond acceptors (Lipinski definition) is 2. The molecule has 0 aliphatic carbocycles. The summed E-state index contributed by atoms with van der Waals surface area (Å²) in [6.45, 7) is 13.4. The molecule has 0 unspecified atom stereocenters. The lowest BCUT2D eigenvalue weighted by atomic mass is 9.88. The van der Waals surface area contributed by atoms with E-state index in [4.69, 9.17) is 4.74 Å². The molecular weight excluding hydrogens is 248 g/mol. The summed E-state index contributed by atoms with van der Waals surface area (Å²) in [4.78, 5) is 10.3. The van der Waals surface area contributed by atoms with Crippen molar-refractivity contribution in [3.8, 4) is 5.75 Å². The zero-order chi connectivity index (χ0) is 15.3. The molecule has 0 spiro atoms. The second-order valence-electron chi connectivity index (χ2n) is 6.13. The third-order valence-corrected chi connectivity index (χ3v) is 3.47. The molecule has 0 heterocycles. The Morgan fingerprint density at radius 3 is 1.85 bits per heavy atom. The van der Waals surface area contributed by atoms with Crippen molar-refractivity contribution in [1.82, 2.24) is 0 Å². The topological polar surface area (TPSA) is 26.3 Å². The molecule has 0 atom stereocenters. The van der Waals surface area contributed by atoms with Crippen molar-refractivity contribution in [2.75, 3.05) is 6.61 Å². The van der Waals surface area contributed by atoms with Crippen LogP contribution in [0, 0.1) is 0 Å². The van der Waals surface area contributed by atoms with Gasteiger partial charge in [-0.3, -0.25) is 0 Å². The third-order valence-electron chi connectivity index (χ3n) is 3.47. The van der Waals surface area contributed by atoms with Crippen LogP contribution in [-0.4, -0.2) is 12.5 Å². The molecule has 0 bridgehead atoms. The van der Waals surface area contributed by atoms with Crippen LogP contribution in [0.5, 0.6) is 5.75 Å². The SMILES string of the molecule is CC(C)c1cc(C(C)C)c(OCC=C=O)c(C(C)C)c1. The maximum Gasteiger partial charge on any atom is 0.126 e. The van der Waals surface area contributed by atoms with E-state index >= 15 is 0 Å². The standard InChI is InChI=1S/C18H26O2/c1-12(2)15-10-16(13(3)4)18(20-9-7-8-19)17(11-15)14(5)6/h7,10-14H,9H2,1-6H3. The molecule has 20 heavy (non-hydrogen) atoms. The third kappa shape index (κ3) is 3.98. The molecular formula is C18H26O2. The number of ether oxygens (including phenoxy) is 1. The largest absolute Gasteiger partial charge is 0.488 e. The minimum atomic E-state index is 0.282. The van der Waals surface area contributed by atoms with Gasteiger partial charge >= 0.3 is 0 Å². The number of rotatable bonds is 6. The molecule has 0 fully saturated rings. The number of benzene rings is 1. The van der Waals surface area contributed by atoms with Crippen LogP contribution >= 0.6 is 0 Å². The van der Waals surface area contributed by atoms with E-state index < -0.39 is 0 Å². The number of hydrogen-bond donors (Lipinski definition) is 0. The summed E-state index contributed by atoms with van der Waals surface area (Å²) in [7, 11) is 0. The van der Waals surface area contributed by atoms with Gasteiger partial charge in [0, 0.05) is 6.08 Å². The molecule has 2 nitrogen and oxygen atoms in total. The molecule has 1 aromatic rings. The van der Waals surface area contributed by atoms with E-state index in [9.17, 15) is 4.79 Å². The maximum atomic E-state index is 10.3. The van der Waals surface area contributed by atoms with Crippen LogP contribution in [0.3, 0.4) is 0 Å². The molecule has 1 rings (SSSR count). The van der Waals surface area contributed by atoms with E-state index in [1.165, 1.54) is 22.8 Å². The van der Waals surface area contributed by atoms with Crippen molar-refractivity contribution in [3.63, 3.8) is 0 Å². The summed E-state index contributed by atoms with van der Waals surface area (Å²) < 4.78 is 5.85. The van der Waals surface area contributed by atoms with Gasteiger partial charge in [-0.15, -0.1) is 0 Å². The van der Waals surface area contributed by atoms with E-state index in [1.807, 2.05) is 0 Å². The van der Waals surface area contributed by atoms with Crippen LogP contribution in [0.15, 0.2) is 18.2 Å². The molecule has 2 heteroatoms. The zero-order valence-electron chi connectivity index (χ0n) is 13.5. The van der Waals surface area contributed by atoms with Gasteiger partial charge in [-0.2, -0.15) is 0 Å². The van der Waals surface area contributed by atoms with Crippen LogP contribution in [0.25, 0.3) is 0 Å². The lowest BCUT2D eigenvalue weighted by Crippen LogP contribution is -2.06. The van der Waals surface area contributed by atoms with Gasteiger partial charge in [0.1, 0.15) is 18.3 Å². The Labute approximate surface area is 122 Å². The van der Waals surface area contributed by atoms with E-state index in [-0.39, 0.29) is 6.61 Å². The van der Waals surface area contributed by atoms with E-state index in [0.29, 0.717) is 17.8 Å². The molecule has 0 N–H and O–H groups in total. The maximum absolute atomic E-state index is 10.3. The lowest BCUT2D eigenvalue weighted by molar-refractivity contribution is 0.351. The Morgan fingerprint density at radius 1 is 1.00 bits per heavy atom. The zero-order valence-corrected chi connectivity index (χ0v) is 13.5. The summed E-state index contributed by atoms with van der Waals surface area (Å²) >= 11 is 0. The van der Waals surface area contributed by atoms with Gasteiger partial charge in [0.2, 0.25) is 0 Å². The van der Waals surface area contributed by atoms with Crippen molar-refractivity contribution < 1.29 is 9.53 Å². The molecule has 0 saturated carbocycles. The molecule has 110 valence electrons. The quantitative estimate of drug-likeness (QED) is 0.695. The van der Waals surface area contributed by atoms with Gasteiger partial charge in [-0.05, 0) is 34.4 Å². The molecule has 0 radical (unpaired) electrons. The fourth-order valence-electron chi connectivity index (χ4n) is 2.22. The molecule has 0 aliphatic heterocycles. The number of carbonyl (C=O) groups excluding carboxylic acids is 1. The summed E-state index contributed by atoms with van der Waals surface area (Å²) in [5, 5.41) is 0. The predicted molar refractivity (Wildman–Crippen MR) is 84.5 cm³/mol. The average Bonchev–Trinajstić information content (AvgIpc) is 2.37. The minimum Gasteiger partial charge on any atom is -0.488 e. The first-order valence-electron chi connectivity index (χ1n) is 7.38. The van der Waals surface area contributed by atoms with Crippen LogP contribution < -0.4 is 4.74 Å². The second kappa shape index (κ2) is 7.31. The Morgan fingerprint density at radius 2 is 1.50 bits per heavy atom. The first kappa shape index (κ1) is 16.5. The average molecular weight is 274 g/mol. The molecule has 0 aromatic heterocycles. The van der Waals surface area contributed by atoms with Crippen molar-refractivity contribution in [1.29, 1.82) is 0 Å². The van der Waals surface area contributed by atoms with Gasteiger partial charge in [0.05, 0.1) is 0 Å². The van der Waals surface area contributed by atoms with E-state index in [1.54, 1.807) is 5.94 Å². The lowest BCUT2D eigenvalue weighted by Gasteiger charge is -2.22. The predicted octanol–water partition coefficient (Wildman–Crippen LogP) is 4.82. The smallest absolute Gasteiger partial charge is 0.126 e. The van der Waals surface area contributed by atoms with Gasteiger partial charge in [-0.25, -0.2) is 4.79 Å². The fraction of sp³-hybridized carbons (Fsp3) is 0.556. The summed E-state index contributed by atoms with van der Waals surface area (Å²) in [6.07, 6.45) is 1.38. The van der Waals surface area contributed by atoms with Crippen LogP contribution in [0.2, 0.25) is 0 Å². The summed E-state index contributed by atoms with van der Waals surface area (Å²) in [6, 6.07) is 4.47. The first-order chi connectivity index (χ1) is 9.38.